The maximum absolute atomic E-state index is 12.1. The number of benzene rings is 1. The van der Waals surface area contributed by atoms with Crippen molar-refractivity contribution < 1.29 is 14.7 Å². The van der Waals surface area contributed by atoms with E-state index in [2.05, 4.69) is 0 Å². The van der Waals surface area contributed by atoms with Gasteiger partial charge in [-0.15, -0.1) is 0 Å². The quantitative estimate of drug-likeness (QED) is 0.917. The van der Waals surface area contributed by atoms with E-state index in [0.29, 0.717) is 13.1 Å². The van der Waals surface area contributed by atoms with E-state index in [1.807, 2.05) is 50.1 Å². The van der Waals surface area contributed by atoms with Gasteiger partial charge >= 0.3 is 5.97 Å². The summed E-state index contributed by atoms with van der Waals surface area (Å²) in [5.74, 6) is -0.738. The first-order valence-electron chi connectivity index (χ1n) is 7.11. The molecular weight excluding hydrogens is 268 g/mol. The van der Waals surface area contributed by atoms with E-state index < -0.39 is 11.4 Å². The number of hydrogen-bond donors (Lipinski definition) is 1. The minimum Gasteiger partial charge on any atom is -0.481 e. The number of carboxylic acid groups (broad SMARTS) is 1. The molecular formula is C16H22N2O3. The standard InChI is InChI=1S/C16H22N2O3/c1-16(2,10-15(20)21)12-5-4-6-13(9-12)18-8-7-17(3)11-14(18)19/h4-6,9H,7-8,10-11H2,1-3H3,(H,20,21). The second-order valence-electron chi connectivity index (χ2n) is 6.29. The summed E-state index contributed by atoms with van der Waals surface area (Å²) >= 11 is 0. The average molecular weight is 290 g/mol. The SMILES string of the molecule is CN1CCN(c2cccc(C(C)(C)CC(=O)O)c2)C(=O)C1. The summed E-state index contributed by atoms with van der Waals surface area (Å²) < 4.78 is 0. The molecule has 114 valence electrons. The van der Waals surface area contributed by atoms with Crippen molar-refractivity contribution in [1.29, 1.82) is 0 Å². The number of carboxylic acids is 1. The van der Waals surface area contributed by atoms with Crippen molar-refractivity contribution in [3.05, 3.63) is 29.8 Å². The average Bonchev–Trinajstić information content (AvgIpc) is 2.37. The van der Waals surface area contributed by atoms with Crippen LogP contribution in [0, 0.1) is 0 Å². The van der Waals surface area contributed by atoms with Crippen molar-refractivity contribution >= 4 is 17.6 Å². The molecule has 2 rings (SSSR count). The highest BCUT2D eigenvalue weighted by Gasteiger charge is 2.27. The Kier molecular flexibility index (Phi) is 4.32. The van der Waals surface area contributed by atoms with Crippen LogP contribution in [0.2, 0.25) is 0 Å². The van der Waals surface area contributed by atoms with Crippen LogP contribution in [0.25, 0.3) is 0 Å². The van der Waals surface area contributed by atoms with E-state index >= 15 is 0 Å². The largest absolute Gasteiger partial charge is 0.481 e. The van der Waals surface area contributed by atoms with Gasteiger partial charge in [-0.1, -0.05) is 26.0 Å². The lowest BCUT2D eigenvalue weighted by atomic mass is 9.81. The van der Waals surface area contributed by atoms with Gasteiger partial charge in [0, 0.05) is 24.2 Å². The Morgan fingerprint density at radius 2 is 2.05 bits per heavy atom. The van der Waals surface area contributed by atoms with Crippen molar-refractivity contribution in [3.8, 4) is 0 Å². The Hall–Kier alpha value is -1.88. The van der Waals surface area contributed by atoms with E-state index in [0.717, 1.165) is 17.8 Å². The maximum atomic E-state index is 12.1. The summed E-state index contributed by atoms with van der Waals surface area (Å²) in [6, 6.07) is 7.66. The number of piperazine rings is 1. The molecule has 5 heteroatoms. The number of carbonyl (C=O) groups is 2. The molecule has 1 fully saturated rings. The minimum absolute atomic E-state index is 0.0626. The van der Waals surface area contributed by atoms with E-state index in [1.165, 1.54) is 0 Å². The van der Waals surface area contributed by atoms with Crippen molar-refractivity contribution in [2.45, 2.75) is 25.7 Å². The van der Waals surface area contributed by atoms with Crippen LogP contribution in [0.3, 0.4) is 0 Å². The molecule has 1 aliphatic rings. The zero-order valence-electron chi connectivity index (χ0n) is 12.8. The van der Waals surface area contributed by atoms with Crippen molar-refractivity contribution in [2.75, 3.05) is 31.6 Å². The topological polar surface area (TPSA) is 60.9 Å². The monoisotopic (exact) mass is 290 g/mol. The third-order valence-corrected chi connectivity index (χ3v) is 3.94. The molecule has 1 aromatic carbocycles. The summed E-state index contributed by atoms with van der Waals surface area (Å²) in [5, 5.41) is 9.03. The normalized spacial score (nSPS) is 17.1. The summed E-state index contributed by atoms with van der Waals surface area (Å²) in [6.45, 7) is 5.74. The Morgan fingerprint density at radius 3 is 2.67 bits per heavy atom. The fourth-order valence-corrected chi connectivity index (χ4v) is 2.64. The molecule has 1 saturated heterocycles. The molecule has 0 atom stereocenters. The predicted molar refractivity (Wildman–Crippen MR) is 81.6 cm³/mol. The van der Waals surface area contributed by atoms with Crippen LogP contribution in [0.1, 0.15) is 25.8 Å². The van der Waals surface area contributed by atoms with Gasteiger partial charge in [0.2, 0.25) is 5.91 Å². The van der Waals surface area contributed by atoms with Gasteiger partial charge in [0.1, 0.15) is 0 Å². The van der Waals surface area contributed by atoms with Gasteiger partial charge in [-0.3, -0.25) is 14.5 Å². The van der Waals surface area contributed by atoms with Gasteiger partial charge in [0.25, 0.3) is 0 Å². The smallest absolute Gasteiger partial charge is 0.304 e. The third kappa shape index (κ3) is 3.61. The Morgan fingerprint density at radius 1 is 1.33 bits per heavy atom. The molecule has 1 amide bonds. The summed E-state index contributed by atoms with van der Waals surface area (Å²) in [6.07, 6.45) is 0.0626. The first-order chi connectivity index (χ1) is 9.79. The lowest BCUT2D eigenvalue weighted by Gasteiger charge is -2.33. The molecule has 1 heterocycles. The number of likely N-dealkylation sites (N-methyl/N-ethyl adjacent to an activating group) is 1. The molecule has 0 aromatic heterocycles. The van der Waals surface area contributed by atoms with E-state index in [1.54, 1.807) is 4.90 Å². The van der Waals surface area contributed by atoms with Gasteiger partial charge in [0.05, 0.1) is 13.0 Å². The van der Waals surface area contributed by atoms with Crippen LogP contribution in [-0.4, -0.2) is 48.6 Å². The van der Waals surface area contributed by atoms with E-state index in [4.69, 9.17) is 5.11 Å². The molecule has 1 aliphatic heterocycles. The molecule has 0 bridgehead atoms. The minimum atomic E-state index is -0.818. The Bertz CT molecular complexity index is 554. The Labute approximate surface area is 125 Å². The number of aliphatic carboxylic acids is 1. The molecule has 0 spiro atoms. The van der Waals surface area contributed by atoms with Gasteiger partial charge in [-0.25, -0.2) is 0 Å². The van der Waals surface area contributed by atoms with Gasteiger partial charge in [-0.05, 0) is 24.7 Å². The lowest BCUT2D eigenvalue weighted by Crippen LogP contribution is -2.49. The van der Waals surface area contributed by atoms with Crippen LogP contribution < -0.4 is 4.90 Å². The molecule has 21 heavy (non-hydrogen) atoms. The van der Waals surface area contributed by atoms with Crippen molar-refractivity contribution in [1.82, 2.24) is 4.90 Å². The third-order valence-electron chi connectivity index (χ3n) is 3.94. The van der Waals surface area contributed by atoms with Crippen LogP contribution >= 0.6 is 0 Å². The van der Waals surface area contributed by atoms with E-state index in [-0.39, 0.29) is 12.3 Å². The number of carbonyl (C=O) groups excluding carboxylic acids is 1. The summed E-state index contributed by atoms with van der Waals surface area (Å²) in [7, 11) is 1.93. The summed E-state index contributed by atoms with van der Waals surface area (Å²) in [4.78, 5) is 26.9. The van der Waals surface area contributed by atoms with Gasteiger partial charge in [0.15, 0.2) is 0 Å². The molecule has 1 aromatic rings. The van der Waals surface area contributed by atoms with Crippen LogP contribution in [0.15, 0.2) is 24.3 Å². The number of nitrogens with zero attached hydrogens (tertiary/aromatic N) is 2. The molecule has 0 radical (unpaired) electrons. The number of anilines is 1. The van der Waals surface area contributed by atoms with Gasteiger partial charge in [-0.2, -0.15) is 0 Å². The van der Waals surface area contributed by atoms with Crippen LogP contribution in [-0.2, 0) is 15.0 Å². The summed E-state index contributed by atoms with van der Waals surface area (Å²) in [5.41, 5.74) is 1.33. The molecule has 5 nitrogen and oxygen atoms in total. The lowest BCUT2D eigenvalue weighted by molar-refractivity contribution is -0.138. The highest BCUT2D eigenvalue weighted by atomic mass is 16.4. The van der Waals surface area contributed by atoms with Crippen molar-refractivity contribution in [2.24, 2.45) is 0 Å². The van der Waals surface area contributed by atoms with E-state index in [9.17, 15) is 9.59 Å². The number of rotatable bonds is 4. The molecule has 0 aliphatic carbocycles. The van der Waals surface area contributed by atoms with Crippen LogP contribution in [0.4, 0.5) is 5.69 Å². The number of amides is 1. The zero-order valence-corrected chi connectivity index (χ0v) is 12.8. The zero-order chi connectivity index (χ0) is 15.6. The van der Waals surface area contributed by atoms with Crippen molar-refractivity contribution in [3.63, 3.8) is 0 Å². The van der Waals surface area contributed by atoms with Crippen LogP contribution in [0.5, 0.6) is 0 Å². The second kappa shape index (κ2) is 5.85. The predicted octanol–water partition coefficient (Wildman–Crippen LogP) is 1.72. The first kappa shape index (κ1) is 15.5. The molecule has 0 unspecified atom stereocenters. The maximum Gasteiger partial charge on any atom is 0.304 e. The molecule has 1 N–H and O–H groups in total. The first-order valence-corrected chi connectivity index (χ1v) is 7.11. The Balaban J connectivity index is 2.25. The fraction of sp³-hybridized carbons (Fsp3) is 0.500. The fourth-order valence-electron chi connectivity index (χ4n) is 2.64. The molecule has 0 saturated carbocycles. The van der Waals surface area contributed by atoms with Gasteiger partial charge < -0.3 is 10.0 Å². The highest BCUT2D eigenvalue weighted by Crippen LogP contribution is 2.30. The second-order valence-corrected chi connectivity index (χ2v) is 6.29. The highest BCUT2D eigenvalue weighted by molar-refractivity contribution is 5.95. The number of hydrogen-bond acceptors (Lipinski definition) is 3.